The zero-order chi connectivity index (χ0) is 19.2. The van der Waals surface area contributed by atoms with Gasteiger partial charge in [-0.1, -0.05) is 12.1 Å². The molecule has 9 heteroatoms. The van der Waals surface area contributed by atoms with Gasteiger partial charge in [-0.05, 0) is 24.7 Å². The highest BCUT2D eigenvalue weighted by Gasteiger charge is 2.15. The van der Waals surface area contributed by atoms with E-state index >= 15 is 0 Å². The molecule has 0 spiro atoms. The van der Waals surface area contributed by atoms with Crippen molar-refractivity contribution in [2.45, 2.75) is 6.54 Å². The molecule has 1 saturated heterocycles. The zero-order valence-electron chi connectivity index (χ0n) is 15.1. The summed E-state index contributed by atoms with van der Waals surface area (Å²) in [4.78, 5) is 31.3. The predicted octanol–water partition coefficient (Wildman–Crippen LogP) is 2.06. The predicted molar refractivity (Wildman–Crippen MR) is 103 cm³/mol. The van der Waals surface area contributed by atoms with Crippen LogP contribution in [0.1, 0.15) is 5.56 Å². The van der Waals surface area contributed by atoms with Gasteiger partial charge in [-0.15, -0.1) is 0 Å². The number of non-ortho nitro benzene ring substituents is 1. The summed E-state index contributed by atoms with van der Waals surface area (Å²) in [6, 6.07) is 9.27. The zero-order valence-corrected chi connectivity index (χ0v) is 15.1. The van der Waals surface area contributed by atoms with Crippen molar-refractivity contribution in [2.24, 2.45) is 0 Å². The van der Waals surface area contributed by atoms with Gasteiger partial charge in [-0.2, -0.15) is 0 Å². The number of hydrogen-bond donors (Lipinski definition) is 2. The van der Waals surface area contributed by atoms with Crippen LogP contribution in [0.3, 0.4) is 0 Å². The first-order valence-corrected chi connectivity index (χ1v) is 8.69. The number of hydrogen-bond acceptors (Lipinski definition) is 6. The Kier molecular flexibility index (Phi) is 5.82. The number of carbonyl (C=O) groups is 1. The maximum absolute atomic E-state index is 12.0. The number of anilines is 2. The molecule has 0 saturated carbocycles. The number of likely N-dealkylation sites (N-methyl/N-ethyl adjacent to an activating group) is 1. The summed E-state index contributed by atoms with van der Waals surface area (Å²) in [6.07, 6.45) is 1.75. The SMILES string of the molecule is CN1CCN(c2ccc(CNC(=O)Nc3cccc([N+](=O)[O-])c3)cn2)CC1. The first-order chi connectivity index (χ1) is 13.0. The number of carbonyl (C=O) groups excluding carboxylic acids is 1. The standard InChI is InChI=1S/C18H22N6O3/c1-22-7-9-23(10-8-22)17-6-5-14(12-19-17)13-20-18(25)21-15-3-2-4-16(11-15)24(26)27/h2-6,11-12H,7-10,13H2,1H3,(H2,20,21,25). The van der Waals surface area contributed by atoms with E-state index in [0.717, 1.165) is 37.6 Å². The van der Waals surface area contributed by atoms with Crippen LogP contribution in [0.4, 0.5) is 22.0 Å². The van der Waals surface area contributed by atoms with Gasteiger partial charge >= 0.3 is 6.03 Å². The molecule has 2 N–H and O–H groups in total. The van der Waals surface area contributed by atoms with E-state index in [2.05, 4.69) is 32.5 Å². The van der Waals surface area contributed by atoms with Crippen LogP contribution < -0.4 is 15.5 Å². The monoisotopic (exact) mass is 370 g/mol. The molecule has 1 aromatic carbocycles. The van der Waals surface area contributed by atoms with Gasteiger partial charge in [0, 0.05) is 56.7 Å². The maximum Gasteiger partial charge on any atom is 0.319 e. The summed E-state index contributed by atoms with van der Waals surface area (Å²) < 4.78 is 0. The van der Waals surface area contributed by atoms with Gasteiger partial charge in [0.05, 0.1) is 4.92 Å². The van der Waals surface area contributed by atoms with Gasteiger partial charge in [0.15, 0.2) is 0 Å². The number of benzene rings is 1. The highest BCUT2D eigenvalue weighted by molar-refractivity contribution is 5.89. The highest BCUT2D eigenvalue weighted by atomic mass is 16.6. The fourth-order valence-corrected chi connectivity index (χ4v) is 2.80. The van der Waals surface area contributed by atoms with Crippen molar-refractivity contribution in [1.82, 2.24) is 15.2 Å². The molecule has 3 rings (SSSR count). The van der Waals surface area contributed by atoms with Crippen molar-refractivity contribution in [3.63, 3.8) is 0 Å². The lowest BCUT2D eigenvalue weighted by Gasteiger charge is -2.33. The van der Waals surface area contributed by atoms with Crippen LogP contribution in [0, 0.1) is 10.1 Å². The first-order valence-electron chi connectivity index (χ1n) is 8.69. The highest BCUT2D eigenvalue weighted by Crippen LogP contribution is 2.17. The number of nitro benzene ring substituents is 1. The van der Waals surface area contributed by atoms with Crippen LogP contribution in [0.15, 0.2) is 42.6 Å². The van der Waals surface area contributed by atoms with E-state index in [1.165, 1.54) is 18.2 Å². The largest absolute Gasteiger partial charge is 0.354 e. The third-order valence-corrected chi connectivity index (χ3v) is 4.40. The van der Waals surface area contributed by atoms with Crippen LogP contribution in [-0.4, -0.2) is 54.1 Å². The normalized spacial score (nSPS) is 14.6. The Balaban J connectivity index is 1.50. The summed E-state index contributed by atoms with van der Waals surface area (Å²) in [7, 11) is 2.11. The lowest BCUT2D eigenvalue weighted by molar-refractivity contribution is -0.384. The number of aromatic nitrogens is 1. The molecule has 1 fully saturated rings. The lowest BCUT2D eigenvalue weighted by Crippen LogP contribution is -2.44. The number of rotatable bonds is 5. The second kappa shape index (κ2) is 8.45. The number of amides is 2. The summed E-state index contributed by atoms with van der Waals surface area (Å²) in [5.41, 5.74) is 1.17. The Hall–Kier alpha value is -3.20. The minimum absolute atomic E-state index is 0.0727. The van der Waals surface area contributed by atoms with Crippen LogP contribution in [0.2, 0.25) is 0 Å². The molecule has 0 bridgehead atoms. The average molecular weight is 370 g/mol. The van der Waals surface area contributed by atoms with Gasteiger partial charge in [0.25, 0.3) is 5.69 Å². The fourth-order valence-electron chi connectivity index (χ4n) is 2.80. The van der Waals surface area contributed by atoms with Crippen LogP contribution in [0.5, 0.6) is 0 Å². The number of nitrogens with one attached hydrogen (secondary N) is 2. The summed E-state index contributed by atoms with van der Waals surface area (Å²) in [5.74, 6) is 0.938. The van der Waals surface area contributed by atoms with E-state index in [9.17, 15) is 14.9 Å². The number of pyridine rings is 1. The minimum Gasteiger partial charge on any atom is -0.354 e. The molecule has 1 aliphatic rings. The molecule has 0 unspecified atom stereocenters. The smallest absolute Gasteiger partial charge is 0.319 e. The van der Waals surface area contributed by atoms with Gasteiger partial charge in [-0.3, -0.25) is 10.1 Å². The van der Waals surface area contributed by atoms with Gasteiger partial charge in [0.1, 0.15) is 5.82 Å². The van der Waals surface area contributed by atoms with Crippen molar-refractivity contribution in [1.29, 1.82) is 0 Å². The van der Waals surface area contributed by atoms with Crippen molar-refractivity contribution in [2.75, 3.05) is 43.4 Å². The number of nitro groups is 1. The molecule has 0 radical (unpaired) electrons. The third kappa shape index (κ3) is 5.14. The molecule has 0 aliphatic carbocycles. The average Bonchev–Trinajstić information content (AvgIpc) is 2.68. The molecular formula is C18H22N6O3. The second-order valence-corrected chi connectivity index (χ2v) is 6.43. The van der Waals surface area contributed by atoms with E-state index < -0.39 is 11.0 Å². The molecule has 2 aromatic rings. The summed E-state index contributed by atoms with van der Waals surface area (Å²) >= 11 is 0. The number of nitrogens with zero attached hydrogens (tertiary/aromatic N) is 4. The van der Waals surface area contributed by atoms with Crippen LogP contribution >= 0.6 is 0 Å². The Labute approximate surface area is 157 Å². The molecule has 27 heavy (non-hydrogen) atoms. The van der Waals surface area contributed by atoms with Crippen molar-refractivity contribution >= 4 is 23.2 Å². The van der Waals surface area contributed by atoms with Gasteiger partial charge < -0.3 is 20.4 Å². The Morgan fingerprint density at radius 2 is 2.00 bits per heavy atom. The molecule has 1 aliphatic heterocycles. The molecule has 2 heterocycles. The minimum atomic E-state index is -0.503. The lowest BCUT2D eigenvalue weighted by atomic mass is 10.2. The molecular weight excluding hydrogens is 348 g/mol. The second-order valence-electron chi connectivity index (χ2n) is 6.43. The van der Waals surface area contributed by atoms with Crippen molar-refractivity contribution in [3.05, 3.63) is 58.3 Å². The van der Waals surface area contributed by atoms with E-state index in [1.54, 1.807) is 12.3 Å². The van der Waals surface area contributed by atoms with E-state index in [1.807, 2.05) is 12.1 Å². The number of urea groups is 1. The molecule has 9 nitrogen and oxygen atoms in total. The van der Waals surface area contributed by atoms with Crippen molar-refractivity contribution < 1.29 is 9.72 Å². The maximum atomic E-state index is 12.0. The van der Waals surface area contributed by atoms with E-state index in [0.29, 0.717) is 12.2 Å². The molecule has 1 aromatic heterocycles. The fraction of sp³-hybridized carbons (Fsp3) is 0.333. The number of piperazine rings is 1. The molecule has 2 amide bonds. The Bertz CT molecular complexity index is 803. The van der Waals surface area contributed by atoms with E-state index in [-0.39, 0.29) is 5.69 Å². The van der Waals surface area contributed by atoms with Gasteiger partial charge in [0.2, 0.25) is 0 Å². The topological polar surface area (TPSA) is 104 Å². The summed E-state index contributed by atoms with van der Waals surface area (Å²) in [6.45, 7) is 4.25. The quantitative estimate of drug-likeness (QED) is 0.617. The third-order valence-electron chi connectivity index (χ3n) is 4.40. The Morgan fingerprint density at radius 3 is 2.67 bits per heavy atom. The van der Waals surface area contributed by atoms with E-state index in [4.69, 9.17) is 0 Å². The van der Waals surface area contributed by atoms with Crippen LogP contribution in [-0.2, 0) is 6.54 Å². The molecule has 0 atom stereocenters. The van der Waals surface area contributed by atoms with Gasteiger partial charge in [-0.25, -0.2) is 9.78 Å². The van der Waals surface area contributed by atoms with Crippen molar-refractivity contribution in [3.8, 4) is 0 Å². The Morgan fingerprint density at radius 1 is 1.22 bits per heavy atom. The molecule has 142 valence electrons. The first kappa shape index (κ1) is 18.6. The van der Waals surface area contributed by atoms with Crippen LogP contribution in [0.25, 0.3) is 0 Å². The summed E-state index contributed by atoms with van der Waals surface area (Å²) in [5, 5.41) is 16.1.